The van der Waals surface area contributed by atoms with Crippen LogP contribution in [0.5, 0.6) is 0 Å². The van der Waals surface area contributed by atoms with Crippen molar-refractivity contribution in [1.82, 2.24) is 10.3 Å². The van der Waals surface area contributed by atoms with Gasteiger partial charge in [0.1, 0.15) is 5.70 Å². The lowest BCUT2D eigenvalue weighted by atomic mass is 10.2. The molecule has 0 saturated carbocycles. The van der Waals surface area contributed by atoms with E-state index in [-0.39, 0.29) is 13.2 Å². The Morgan fingerprint density at radius 2 is 2.26 bits per heavy atom. The van der Waals surface area contributed by atoms with E-state index in [1.165, 1.54) is 19.3 Å². The van der Waals surface area contributed by atoms with Gasteiger partial charge >= 0.3 is 12.1 Å². The maximum Gasteiger partial charge on any atom is 0.431 e. The molecule has 0 aliphatic heterocycles. The molecule has 0 amide bonds. The number of carbonyl (C=O) groups excluding carboxylic acids is 1. The van der Waals surface area contributed by atoms with E-state index in [4.69, 9.17) is 0 Å². The van der Waals surface area contributed by atoms with E-state index >= 15 is 0 Å². The average molecular weight is 274 g/mol. The van der Waals surface area contributed by atoms with Crippen LogP contribution in [0, 0.1) is 0 Å². The number of aromatic nitrogens is 1. The van der Waals surface area contributed by atoms with Crippen LogP contribution in [-0.4, -0.2) is 23.7 Å². The lowest BCUT2D eigenvalue weighted by molar-refractivity contribution is -0.138. The van der Waals surface area contributed by atoms with Crippen LogP contribution in [0.3, 0.4) is 0 Å². The first kappa shape index (κ1) is 15.0. The molecule has 1 heterocycles. The highest BCUT2D eigenvalue weighted by Crippen LogP contribution is 2.23. The van der Waals surface area contributed by atoms with Crippen molar-refractivity contribution < 1.29 is 22.7 Å². The summed E-state index contributed by atoms with van der Waals surface area (Å²) in [6, 6.07) is 3.23. The minimum Gasteiger partial charge on any atom is -0.463 e. The SMILES string of the molecule is CCOC(=O)/C=C(\NCc1cccnc1)C(F)(F)F. The summed E-state index contributed by atoms with van der Waals surface area (Å²) in [5.74, 6) is -1.03. The summed E-state index contributed by atoms with van der Waals surface area (Å²) in [7, 11) is 0. The Morgan fingerprint density at radius 1 is 1.53 bits per heavy atom. The number of nitrogens with zero attached hydrogens (tertiary/aromatic N) is 1. The van der Waals surface area contributed by atoms with E-state index in [2.05, 4.69) is 15.0 Å². The molecular weight excluding hydrogens is 261 g/mol. The van der Waals surface area contributed by atoms with E-state index < -0.39 is 17.8 Å². The first-order valence-electron chi connectivity index (χ1n) is 5.52. The molecule has 0 saturated heterocycles. The molecule has 0 atom stereocenters. The number of rotatable bonds is 5. The third kappa shape index (κ3) is 5.41. The predicted octanol–water partition coefficient (Wildman–Crippen LogP) is 2.18. The Hall–Kier alpha value is -2.05. The Bertz CT molecular complexity index is 444. The maximum absolute atomic E-state index is 12.7. The number of allylic oxidation sites excluding steroid dienone is 1. The lowest BCUT2D eigenvalue weighted by Gasteiger charge is -2.13. The Balaban J connectivity index is 2.74. The van der Waals surface area contributed by atoms with Gasteiger partial charge in [-0.25, -0.2) is 4.79 Å². The molecule has 1 rings (SSSR count). The number of esters is 1. The maximum atomic E-state index is 12.7. The van der Waals surface area contributed by atoms with Crippen LogP contribution in [0.25, 0.3) is 0 Å². The van der Waals surface area contributed by atoms with Gasteiger partial charge in [-0.2, -0.15) is 13.2 Å². The van der Waals surface area contributed by atoms with E-state index in [0.29, 0.717) is 11.6 Å². The number of nitrogens with one attached hydrogen (secondary N) is 1. The molecular formula is C12H13F3N2O2. The van der Waals surface area contributed by atoms with Gasteiger partial charge in [0.25, 0.3) is 0 Å². The van der Waals surface area contributed by atoms with Crippen LogP contribution in [0.15, 0.2) is 36.3 Å². The summed E-state index contributed by atoms with van der Waals surface area (Å²) in [6.45, 7) is 1.45. The van der Waals surface area contributed by atoms with Crippen molar-refractivity contribution in [3.05, 3.63) is 41.9 Å². The van der Waals surface area contributed by atoms with Crippen LogP contribution in [0.2, 0.25) is 0 Å². The minimum absolute atomic E-state index is 0.0169. The molecule has 0 aromatic carbocycles. The second kappa shape index (κ2) is 6.77. The highest BCUT2D eigenvalue weighted by molar-refractivity contribution is 5.82. The summed E-state index contributed by atoms with van der Waals surface area (Å²) in [5, 5.41) is 2.16. The summed E-state index contributed by atoms with van der Waals surface area (Å²) < 4.78 is 42.5. The van der Waals surface area contributed by atoms with Gasteiger partial charge in [0.15, 0.2) is 0 Å². The molecule has 0 unspecified atom stereocenters. The smallest absolute Gasteiger partial charge is 0.431 e. The number of ether oxygens (including phenoxy) is 1. The zero-order chi connectivity index (χ0) is 14.3. The van der Waals surface area contributed by atoms with Crippen molar-refractivity contribution in [3.8, 4) is 0 Å². The van der Waals surface area contributed by atoms with Crippen LogP contribution in [-0.2, 0) is 16.1 Å². The first-order valence-corrected chi connectivity index (χ1v) is 5.52. The standard InChI is InChI=1S/C12H13F3N2O2/c1-2-19-11(18)6-10(12(13,14)15)17-8-9-4-3-5-16-7-9/h3-7,17H,2,8H2,1H3/b10-6-. The molecule has 1 N–H and O–H groups in total. The molecule has 1 aromatic heterocycles. The molecule has 104 valence electrons. The fourth-order valence-electron chi connectivity index (χ4n) is 1.23. The van der Waals surface area contributed by atoms with Gasteiger partial charge in [0.05, 0.1) is 12.7 Å². The van der Waals surface area contributed by atoms with Crippen molar-refractivity contribution in [2.75, 3.05) is 6.61 Å². The topological polar surface area (TPSA) is 51.2 Å². The van der Waals surface area contributed by atoms with E-state index in [1.807, 2.05) is 0 Å². The molecule has 0 radical (unpaired) electrons. The zero-order valence-corrected chi connectivity index (χ0v) is 10.2. The second-order valence-corrected chi connectivity index (χ2v) is 3.52. The molecule has 0 bridgehead atoms. The van der Waals surface area contributed by atoms with E-state index in [0.717, 1.165) is 0 Å². The van der Waals surface area contributed by atoms with Gasteiger partial charge in [0, 0.05) is 18.9 Å². The van der Waals surface area contributed by atoms with Crippen LogP contribution < -0.4 is 5.32 Å². The largest absolute Gasteiger partial charge is 0.463 e. The van der Waals surface area contributed by atoms with Gasteiger partial charge < -0.3 is 10.1 Å². The van der Waals surface area contributed by atoms with Gasteiger partial charge in [0.2, 0.25) is 0 Å². The molecule has 0 aliphatic carbocycles. The van der Waals surface area contributed by atoms with E-state index in [1.54, 1.807) is 12.1 Å². The van der Waals surface area contributed by atoms with Crippen LogP contribution in [0.4, 0.5) is 13.2 Å². The monoisotopic (exact) mass is 274 g/mol. The fraction of sp³-hybridized carbons (Fsp3) is 0.333. The third-order valence-electron chi connectivity index (χ3n) is 2.06. The normalized spacial score (nSPS) is 12.1. The number of hydrogen-bond acceptors (Lipinski definition) is 4. The summed E-state index contributed by atoms with van der Waals surface area (Å²) in [6.07, 6.45) is -1.29. The number of hydrogen-bond donors (Lipinski definition) is 1. The number of pyridine rings is 1. The Labute approximate surface area is 108 Å². The van der Waals surface area contributed by atoms with Gasteiger partial charge in [-0.05, 0) is 18.6 Å². The Morgan fingerprint density at radius 3 is 2.79 bits per heavy atom. The van der Waals surface area contributed by atoms with Crippen molar-refractivity contribution in [3.63, 3.8) is 0 Å². The lowest BCUT2D eigenvalue weighted by Crippen LogP contribution is -2.27. The highest BCUT2D eigenvalue weighted by Gasteiger charge is 2.34. The van der Waals surface area contributed by atoms with Crippen molar-refractivity contribution >= 4 is 5.97 Å². The Kier molecular flexibility index (Phi) is 5.35. The molecule has 19 heavy (non-hydrogen) atoms. The van der Waals surface area contributed by atoms with Crippen LogP contribution in [0.1, 0.15) is 12.5 Å². The minimum atomic E-state index is -4.64. The number of carbonyl (C=O) groups is 1. The number of halogens is 3. The molecule has 4 nitrogen and oxygen atoms in total. The number of alkyl halides is 3. The summed E-state index contributed by atoms with van der Waals surface area (Å²) >= 11 is 0. The summed E-state index contributed by atoms with van der Waals surface area (Å²) in [4.78, 5) is 14.8. The summed E-state index contributed by atoms with van der Waals surface area (Å²) in [5.41, 5.74) is -0.573. The van der Waals surface area contributed by atoms with E-state index in [9.17, 15) is 18.0 Å². The van der Waals surface area contributed by atoms with Crippen molar-refractivity contribution in [2.24, 2.45) is 0 Å². The second-order valence-electron chi connectivity index (χ2n) is 3.52. The molecule has 7 heteroatoms. The average Bonchev–Trinajstić information content (AvgIpc) is 2.34. The van der Waals surface area contributed by atoms with Gasteiger partial charge in [-0.3, -0.25) is 4.98 Å². The third-order valence-corrected chi connectivity index (χ3v) is 2.06. The fourth-order valence-corrected chi connectivity index (χ4v) is 1.23. The quantitative estimate of drug-likeness (QED) is 0.660. The zero-order valence-electron chi connectivity index (χ0n) is 10.2. The van der Waals surface area contributed by atoms with Gasteiger partial charge in [-0.1, -0.05) is 6.07 Å². The molecule has 1 aromatic rings. The molecule has 0 aliphatic rings. The van der Waals surface area contributed by atoms with Gasteiger partial charge in [-0.15, -0.1) is 0 Å². The van der Waals surface area contributed by atoms with Crippen LogP contribution >= 0.6 is 0 Å². The molecule has 0 spiro atoms. The first-order chi connectivity index (χ1) is 8.93. The highest BCUT2D eigenvalue weighted by atomic mass is 19.4. The predicted molar refractivity (Wildman–Crippen MR) is 61.8 cm³/mol. The van der Waals surface area contributed by atoms with Crippen molar-refractivity contribution in [1.29, 1.82) is 0 Å². The van der Waals surface area contributed by atoms with Crippen molar-refractivity contribution in [2.45, 2.75) is 19.6 Å². The molecule has 0 fully saturated rings.